The van der Waals surface area contributed by atoms with Crippen molar-refractivity contribution in [2.75, 3.05) is 26.2 Å². The highest BCUT2D eigenvalue weighted by Crippen LogP contribution is 2.06. The molecule has 1 aliphatic rings. The van der Waals surface area contributed by atoms with Crippen LogP contribution in [0, 0.1) is 0 Å². The van der Waals surface area contributed by atoms with E-state index in [1.165, 1.54) is 0 Å². The second-order valence-corrected chi connectivity index (χ2v) is 3.58. The molecule has 0 saturated carbocycles. The van der Waals surface area contributed by atoms with Crippen molar-refractivity contribution in [3.63, 3.8) is 0 Å². The molecule has 0 unspecified atom stereocenters. The molecule has 2 amide bonds. The Morgan fingerprint density at radius 2 is 1.29 bits per heavy atom. The van der Waals surface area contributed by atoms with Crippen LogP contribution < -0.4 is 0 Å². The highest BCUT2D eigenvalue weighted by molar-refractivity contribution is 6.35. The Morgan fingerprint density at radius 3 is 1.57 bits per heavy atom. The lowest BCUT2D eigenvalue weighted by molar-refractivity contribution is -0.156. The lowest BCUT2D eigenvalue weighted by Crippen LogP contribution is -2.54. The maximum absolute atomic E-state index is 11.5. The molecule has 4 nitrogen and oxygen atoms in total. The molecule has 0 aromatic heterocycles. The smallest absolute Gasteiger partial charge is 0.312 e. The van der Waals surface area contributed by atoms with Crippen LogP contribution in [0.25, 0.3) is 0 Å². The van der Waals surface area contributed by atoms with Crippen molar-refractivity contribution in [2.45, 2.75) is 26.7 Å². The predicted octanol–water partition coefficient (Wildman–Crippen LogP) is 0.477. The summed E-state index contributed by atoms with van der Waals surface area (Å²) in [6.45, 7) is 6.80. The monoisotopic (exact) mass is 198 g/mol. The molecule has 1 fully saturated rings. The number of amides is 2. The number of hydrogen-bond acceptors (Lipinski definition) is 2. The topological polar surface area (TPSA) is 40.6 Å². The summed E-state index contributed by atoms with van der Waals surface area (Å²) in [7, 11) is 0. The van der Waals surface area contributed by atoms with Crippen LogP contribution in [-0.2, 0) is 9.59 Å². The van der Waals surface area contributed by atoms with Crippen molar-refractivity contribution in [3.8, 4) is 0 Å². The summed E-state index contributed by atoms with van der Waals surface area (Å²) in [5.74, 6) is -0.655. The van der Waals surface area contributed by atoms with Crippen molar-refractivity contribution in [2.24, 2.45) is 0 Å². The number of carbonyl (C=O) groups excluding carboxylic acids is 2. The predicted molar refractivity (Wildman–Crippen MR) is 53.7 cm³/mol. The Labute approximate surface area is 84.9 Å². The second-order valence-electron chi connectivity index (χ2n) is 3.58. The van der Waals surface area contributed by atoms with Crippen molar-refractivity contribution in [1.29, 1.82) is 0 Å². The standard InChI is InChI=1S/C10H18N2O2/c1-3-5-11-7-8-12(6-4-2)10(14)9(11)13/h3-8H2,1-2H3. The van der Waals surface area contributed by atoms with Gasteiger partial charge in [-0.25, -0.2) is 0 Å². The van der Waals surface area contributed by atoms with Gasteiger partial charge in [0.05, 0.1) is 0 Å². The average Bonchev–Trinajstić information content (AvgIpc) is 2.18. The van der Waals surface area contributed by atoms with E-state index in [-0.39, 0.29) is 11.8 Å². The SMILES string of the molecule is CCCN1CCN(CCC)C(=O)C1=O. The molecule has 0 bridgehead atoms. The van der Waals surface area contributed by atoms with E-state index in [0.717, 1.165) is 12.8 Å². The van der Waals surface area contributed by atoms with Gasteiger partial charge in [0.2, 0.25) is 0 Å². The molecule has 0 N–H and O–H groups in total. The van der Waals surface area contributed by atoms with Gasteiger partial charge in [-0.05, 0) is 12.8 Å². The summed E-state index contributed by atoms with van der Waals surface area (Å²) in [6, 6.07) is 0. The lowest BCUT2D eigenvalue weighted by atomic mass is 10.2. The van der Waals surface area contributed by atoms with Gasteiger partial charge < -0.3 is 9.80 Å². The molecule has 80 valence electrons. The summed E-state index contributed by atoms with van der Waals surface area (Å²) < 4.78 is 0. The second kappa shape index (κ2) is 4.98. The maximum atomic E-state index is 11.5. The zero-order valence-corrected chi connectivity index (χ0v) is 8.95. The summed E-state index contributed by atoms with van der Waals surface area (Å²) in [6.07, 6.45) is 1.82. The van der Waals surface area contributed by atoms with Crippen molar-refractivity contribution in [1.82, 2.24) is 9.80 Å². The highest BCUT2D eigenvalue weighted by Gasteiger charge is 2.30. The number of hydrogen-bond donors (Lipinski definition) is 0. The molecule has 0 spiro atoms. The minimum Gasteiger partial charge on any atom is -0.333 e. The third-order valence-corrected chi connectivity index (χ3v) is 2.38. The van der Waals surface area contributed by atoms with E-state index < -0.39 is 0 Å². The summed E-state index contributed by atoms with van der Waals surface area (Å²) in [5.41, 5.74) is 0. The van der Waals surface area contributed by atoms with Crippen LogP contribution in [0.1, 0.15) is 26.7 Å². The molecule has 0 aromatic rings. The number of rotatable bonds is 4. The van der Waals surface area contributed by atoms with Crippen molar-refractivity contribution >= 4 is 11.8 Å². The molecule has 1 aliphatic heterocycles. The Hall–Kier alpha value is -1.06. The Balaban J connectivity index is 2.55. The van der Waals surface area contributed by atoms with Crippen molar-refractivity contribution < 1.29 is 9.59 Å². The van der Waals surface area contributed by atoms with Gasteiger partial charge in [0.15, 0.2) is 0 Å². The van der Waals surface area contributed by atoms with Crippen molar-refractivity contribution in [3.05, 3.63) is 0 Å². The first-order valence-corrected chi connectivity index (χ1v) is 5.28. The molecule has 1 heterocycles. The summed E-state index contributed by atoms with van der Waals surface area (Å²) in [5, 5.41) is 0. The fourth-order valence-electron chi connectivity index (χ4n) is 1.68. The van der Waals surface area contributed by atoms with Crippen LogP contribution in [0.3, 0.4) is 0 Å². The van der Waals surface area contributed by atoms with Crippen LogP contribution >= 0.6 is 0 Å². The zero-order valence-electron chi connectivity index (χ0n) is 8.95. The Kier molecular flexibility index (Phi) is 3.92. The number of carbonyl (C=O) groups is 2. The van der Waals surface area contributed by atoms with E-state index in [2.05, 4.69) is 0 Å². The summed E-state index contributed by atoms with van der Waals surface area (Å²) in [4.78, 5) is 26.4. The molecule has 1 saturated heterocycles. The normalized spacial score (nSPS) is 17.9. The molecule has 0 atom stereocenters. The third-order valence-electron chi connectivity index (χ3n) is 2.38. The first kappa shape index (κ1) is 11.0. The van der Waals surface area contributed by atoms with Gasteiger partial charge in [0, 0.05) is 26.2 Å². The molecule has 0 aromatic carbocycles. The van der Waals surface area contributed by atoms with E-state index >= 15 is 0 Å². The zero-order chi connectivity index (χ0) is 10.6. The molecule has 0 aliphatic carbocycles. The maximum Gasteiger partial charge on any atom is 0.312 e. The van der Waals surface area contributed by atoms with E-state index in [0.29, 0.717) is 26.2 Å². The van der Waals surface area contributed by atoms with E-state index in [9.17, 15) is 9.59 Å². The number of piperazine rings is 1. The average molecular weight is 198 g/mol. The molecule has 1 rings (SSSR count). The van der Waals surface area contributed by atoms with Gasteiger partial charge in [-0.1, -0.05) is 13.8 Å². The van der Waals surface area contributed by atoms with Gasteiger partial charge in [-0.2, -0.15) is 0 Å². The lowest BCUT2D eigenvalue weighted by Gasteiger charge is -2.33. The van der Waals surface area contributed by atoms with Crippen LogP contribution in [0.4, 0.5) is 0 Å². The highest BCUT2D eigenvalue weighted by atomic mass is 16.2. The largest absolute Gasteiger partial charge is 0.333 e. The molecule has 4 heteroatoms. The first-order chi connectivity index (χ1) is 6.70. The first-order valence-electron chi connectivity index (χ1n) is 5.28. The molecular formula is C10H18N2O2. The Bertz CT molecular complexity index is 204. The quantitative estimate of drug-likeness (QED) is 0.616. The summed E-state index contributed by atoms with van der Waals surface area (Å²) >= 11 is 0. The fraction of sp³-hybridized carbons (Fsp3) is 0.800. The van der Waals surface area contributed by atoms with Gasteiger partial charge >= 0.3 is 11.8 Å². The molecular weight excluding hydrogens is 180 g/mol. The third kappa shape index (κ3) is 2.25. The van der Waals surface area contributed by atoms with E-state index in [1.54, 1.807) is 9.80 Å². The van der Waals surface area contributed by atoms with E-state index in [4.69, 9.17) is 0 Å². The molecule has 14 heavy (non-hydrogen) atoms. The van der Waals surface area contributed by atoms with Gasteiger partial charge in [-0.15, -0.1) is 0 Å². The number of nitrogens with zero attached hydrogens (tertiary/aromatic N) is 2. The minimum atomic E-state index is -0.327. The van der Waals surface area contributed by atoms with E-state index in [1.807, 2.05) is 13.8 Å². The van der Waals surface area contributed by atoms with Gasteiger partial charge in [0.1, 0.15) is 0 Å². The van der Waals surface area contributed by atoms with Crippen LogP contribution in [0.2, 0.25) is 0 Å². The van der Waals surface area contributed by atoms with Gasteiger partial charge in [-0.3, -0.25) is 9.59 Å². The molecule has 0 radical (unpaired) electrons. The minimum absolute atomic E-state index is 0.327. The van der Waals surface area contributed by atoms with Crippen LogP contribution in [0.5, 0.6) is 0 Å². The van der Waals surface area contributed by atoms with Gasteiger partial charge in [0.25, 0.3) is 0 Å². The fourth-order valence-corrected chi connectivity index (χ4v) is 1.68. The van der Waals surface area contributed by atoms with Crippen LogP contribution in [0.15, 0.2) is 0 Å². The Morgan fingerprint density at radius 1 is 0.929 bits per heavy atom. The van der Waals surface area contributed by atoms with Crippen LogP contribution in [-0.4, -0.2) is 47.8 Å².